The number of aliphatic carboxylic acids is 1. The number of hydrogen-bond donors (Lipinski definition) is 2. The second-order valence-corrected chi connectivity index (χ2v) is 11.3. The van der Waals surface area contributed by atoms with Crippen LogP contribution in [0.25, 0.3) is 0 Å². The minimum atomic E-state index is -3.76. The van der Waals surface area contributed by atoms with Crippen LogP contribution in [0.3, 0.4) is 0 Å². The number of amides is 1. The van der Waals surface area contributed by atoms with Crippen LogP contribution in [0.1, 0.15) is 52.2 Å². The summed E-state index contributed by atoms with van der Waals surface area (Å²) >= 11 is 0. The molecular weight excluding hydrogens is 426 g/mol. The molecule has 31 heavy (non-hydrogen) atoms. The summed E-state index contributed by atoms with van der Waals surface area (Å²) in [5.41, 5.74) is 0.433. The Bertz CT molecular complexity index is 900. The molecule has 0 aromatic heterocycles. The first-order valence-corrected chi connectivity index (χ1v) is 11.4. The number of aryl methyl sites for hydroxylation is 1. The van der Waals surface area contributed by atoms with Crippen molar-refractivity contribution in [2.24, 2.45) is 0 Å². The van der Waals surface area contributed by atoms with E-state index in [0.29, 0.717) is 11.1 Å². The molecule has 0 atom stereocenters. The molecular formula is C21H31NO8S. The molecule has 0 aliphatic rings. The number of hydrogen-bond acceptors (Lipinski definition) is 7. The number of benzene rings is 1. The second kappa shape index (κ2) is 10.6. The molecule has 0 fully saturated rings. The van der Waals surface area contributed by atoms with Crippen LogP contribution in [0.5, 0.6) is 0 Å². The van der Waals surface area contributed by atoms with Gasteiger partial charge in [0.15, 0.2) is 9.84 Å². The molecule has 0 aliphatic heterocycles. The van der Waals surface area contributed by atoms with Gasteiger partial charge in [-0.2, -0.15) is 0 Å². The standard InChI is InChI=1S/C21H31NO8S/c1-20(2,3)30-19(26)22-12-18(25)29-14-21(4,5)31(27,28)13-16-9-7-6-8-15(16)10-11-17(23)24/h6-9H,10-14H2,1-5H3,(H,22,26)(H,23,24). The summed E-state index contributed by atoms with van der Waals surface area (Å²) in [7, 11) is -3.76. The fraction of sp³-hybridized carbons (Fsp3) is 0.571. The minimum Gasteiger partial charge on any atom is -0.481 e. The number of ether oxygens (including phenoxy) is 2. The van der Waals surface area contributed by atoms with Crippen LogP contribution in [0.4, 0.5) is 4.79 Å². The van der Waals surface area contributed by atoms with Gasteiger partial charge in [-0.3, -0.25) is 9.59 Å². The summed E-state index contributed by atoms with van der Waals surface area (Å²) in [6.07, 6.45) is -0.676. The number of rotatable bonds is 10. The number of carbonyl (C=O) groups excluding carboxylic acids is 2. The highest BCUT2D eigenvalue weighted by Gasteiger charge is 2.36. The van der Waals surface area contributed by atoms with E-state index in [2.05, 4.69) is 5.32 Å². The summed E-state index contributed by atoms with van der Waals surface area (Å²) < 4.78 is 34.6. The van der Waals surface area contributed by atoms with E-state index >= 15 is 0 Å². The van der Waals surface area contributed by atoms with Crippen molar-refractivity contribution in [3.63, 3.8) is 0 Å². The summed E-state index contributed by atoms with van der Waals surface area (Å²) in [5, 5.41) is 11.1. The average Bonchev–Trinajstić information content (AvgIpc) is 2.62. The Morgan fingerprint density at radius 3 is 2.16 bits per heavy atom. The quantitative estimate of drug-likeness (QED) is 0.511. The molecule has 0 unspecified atom stereocenters. The van der Waals surface area contributed by atoms with Gasteiger partial charge < -0.3 is 19.9 Å². The topological polar surface area (TPSA) is 136 Å². The van der Waals surface area contributed by atoms with E-state index in [1.807, 2.05) is 0 Å². The Labute approximate surface area is 183 Å². The van der Waals surface area contributed by atoms with Gasteiger partial charge in [-0.15, -0.1) is 0 Å². The van der Waals surface area contributed by atoms with Crippen molar-refractivity contribution in [2.75, 3.05) is 13.2 Å². The van der Waals surface area contributed by atoms with E-state index < -0.39 is 51.4 Å². The van der Waals surface area contributed by atoms with E-state index in [-0.39, 0.29) is 18.6 Å². The molecule has 2 N–H and O–H groups in total. The molecule has 1 rings (SSSR count). The number of sulfone groups is 1. The van der Waals surface area contributed by atoms with E-state index in [1.54, 1.807) is 45.0 Å². The first-order valence-electron chi connectivity index (χ1n) is 9.76. The van der Waals surface area contributed by atoms with Crippen molar-refractivity contribution in [2.45, 2.75) is 63.6 Å². The van der Waals surface area contributed by atoms with Gasteiger partial charge in [-0.1, -0.05) is 24.3 Å². The van der Waals surface area contributed by atoms with Gasteiger partial charge in [0, 0.05) is 6.42 Å². The molecule has 0 saturated carbocycles. The molecule has 9 nitrogen and oxygen atoms in total. The first-order chi connectivity index (χ1) is 14.1. The summed E-state index contributed by atoms with van der Waals surface area (Å²) in [5.74, 6) is -2.08. The van der Waals surface area contributed by atoms with Crippen LogP contribution in [0, 0.1) is 0 Å². The molecule has 0 bridgehead atoms. The van der Waals surface area contributed by atoms with Crippen LogP contribution in [0.2, 0.25) is 0 Å². The van der Waals surface area contributed by atoms with E-state index in [0.717, 1.165) is 0 Å². The highest BCUT2D eigenvalue weighted by molar-refractivity contribution is 7.92. The van der Waals surface area contributed by atoms with Crippen LogP contribution in [-0.4, -0.2) is 55.1 Å². The largest absolute Gasteiger partial charge is 0.481 e. The van der Waals surface area contributed by atoms with Gasteiger partial charge in [-0.25, -0.2) is 13.2 Å². The lowest BCUT2D eigenvalue weighted by atomic mass is 10.0. The zero-order valence-corrected chi connectivity index (χ0v) is 19.4. The lowest BCUT2D eigenvalue weighted by molar-refractivity contribution is -0.143. The third-order valence-electron chi connectivity index (χ3n) is 4.27. The van der Waals surface area contributed by atoms with Crippen LogP contribution in [-0.2, 0) is 41.1 Å². The van der Waals surface area contributed by atoms with Gasteiger partial charge in [0.1, 0.15) is 23.5 Å². The van der Waals surface area contributed by atoms with Crippen LogP contribution in [0.15, 0.2) is 24.3 Å². The van der Waals surface area contributed by atoms with Crippen molar-refractivity contribution < 1.29 is 37.4 Å². The fourth-order valence-electron chi connectivity index (χ4n) is 2.44. The zero-order chi connectivity index (χ0) is 23.9. The fourth-order valence-corrected chi connectivity index (χ4v) is 3.76. The number of carbonyl (C=O) groups is 3. The van der Waals surface area contributed by atoms with Gasteiger partial charge in [-0.05, 0) is 52.2 Å². The molecule has 0 spiro atoms. The molecule has 0 saturated heterocycles. The average molecular weight is 458 g/mol. The minimum absolute atomic E-state index is 0.108. The maximum absolute atomic E-state index is 13.0. The lowest BCUT2D eigenvalue weighted by Gasteiger charge is -2.25. The van der Waals surface area contributed by atoms with Gasteiger partial charge in [0.2, 0.25) is 0 Å². The molecule has 0 aliphatic carbocycles. The SMILES string of the molecule is CC(C)(C)OC(=O)NCC(=O)OCC(C)(C)S(=O)(=O)Cc1ccccc1CCC(=O)O. The predicted octanol–water partition coefficient (Wildman–Crippen LogP) is 2.47. The molecule has 0 heterocycles. The monoisotopic (exact) mass is 457 g/mol. The number of carboxylic acids is 1. The molecule has 1 amide bonds. The van der Waals surface area contributed by atoms with Gasteiger partial charge in [0.25, 0.3) is 0 Å². The Morgan fingerprint density at radius 2 is 1.61 bits per heavy atom. The molecule has 1 aromatic carbocycles. The predicted molar refractivity (Wildman–Crippen MR) is 114 cm³/mol. The maximum Gasteiger partial charge on any atom is 0.408 e. The van der Waals surface area contributed by atoms with Crippen LogP contribution >= 0.6 is 0 Å². The maximum atomic E-state index is 13.0. The molecule has 0 radical (unpaired) electrons. The van der Waals surface area contributed by atoms with Crippen molar-refractivity contribution in [3.05, 3.63) is 35.4 Å². The van der Waals surface area contributed by atoms with Crippen molar-refractivity contribution in [1.82, 2.24) is 5.32 Å². The van der Waals surface area contributed by atoms with Crippen molar-refractivity contribution in [1.29, 1.82) is 0 Å². The smallest absolute Gasteiger partial charge is 0.408 e. The number of nitrogens with one attached hydrogen (secondary N) is 1. The number of alkyl carbamates (subject to hydrolysis) is 1. The Kier molecular flexibility index (Phi) is 9.04. The van der Waals surface area contributed by atoms with Crippen molar-refractivity contribution in [3.8, 4) is 0 Å². The Hall–Kier alpha value is -2.62. The first kappa shape index (κ1) is 26.4. The molecule has 10 heteroatoms. The van der Waals surface area contributed by atoms with Gasteiger partial charge >= 0.3 is 18.0 Å². The third kappa shape index (κ3) is 9.37. The Balaban J connectivity index is 2.71. The Morgan fingerprint density at radius 1 is 1.03 bits per heavy atom. The number of esters is 1. The molecule has 174 valence electrons. The van der Waals surface area contributed by atoms with E-state index in [4.69, 9.17) is 14.6 Å². The normalized spacial score (nSPS) is 12.2. The summed E-state index contributed by atoms with van der Waals surface area (Å²) in [4.78, 5) is 34.3. The van der Waals surface area contributed by atoms with E-state index in [1.165, 1.54) is 13.8 Å². The zero-order valence-electron chi connectivity index (χ0n) is 18.6. The molecule has 1 aromatic rings. The van der Waals surface area contributed by atoms with Gasteiger partial charge in [0.05, 0.1) is 5.75 Å². The highest BCUT2D eigenvalue weighted by atomic mass is 32.2. The highest BCUT2D eigenvalue weighted by Crippen LogP contribution is 2.24. The summed E-state index contributed by atoms with van der Waals surface area (Å²) in [6.45, 7) is 7.06. The summed E-state index contributed by atoms with van der Waals surface area (Å²) in [6, 6.07) is 6.74. The second-order valence-electron chi connectivity index (χ2n) is 8.70. The van der Waals surface area contributed by atoms with E-state index in [9.17, 15) is 22.8 Å². The number of carboxylic acid groups (broad SMARTS) is 1. The van der Waals surface area contributed by atoms with Crippen LogP contribution < -0.4 is 5.32 Å². The van der Waals surface area contributed by atoms with Crippen molar-refractivity contribution >= 4 is 27.9 Å². The third-order valence-corrected chi connectivity index (χ3v) is 6.76. The lowest BCUT2D eigenvalue weighted by Crippen LogP contribution is -2.41.